The van der Waals surface area contributed by atoms with Crippen molar-refractivity contribution in [3.05, 3.63) is 225 Å². The summed E-state index contributed by atoms with van der Waals surface area (Å²) in [6, 6.07) is 76.6. The van der Waals surface area contributed by atoms with Gasteiger partial charge in [-0.15, -0.1) is 0 Å². The summed E-state index contributed by atoms with van der Waals surface area (Å²) in [6.45, 7) is 0. The van der Waals surface area contributed by atoms with E-state index in [2.05, 4.69) is 193 Å². The first kappa shape index (κ1) is 35.7. The van der Waals surface area contributed by atoms with Gasteiger partial charge in [-0.2, -0.15) is 0 Å². The van der Waals surface area contributed by atoms with Crippen molar-refractivity contribution in [1.82, 2.24) is 15.0 Å². The summed E-state index contributed by atoms with van der Waals surface area (Å²) in [5.74, 6) is 0.683. The van der Waals surface area contributed by atoms with Crippen molar-refractivity contribution in [2.75, 3.05) is 0 Å². The molecule has 3 heteroatoms. The number of hydrogen-bond donors (Lipinski definition) is 0. The van der Waals surface area contributed by atoms with Gasteiger partial charge in [-0.05, 0) is 105 Å². The van der Waals surface area contributed by atoms with Crippen LogP contribution in [-0.2, 0) is 0 Å². The number of fused-ring (bicyclic) bond motifs is 15. The zero-order valence-corrected chi connectivity index (χ0v) is 33.7. The molecule has 0 aliphatic rings. The maximum Gasteiger partial charge on any atom is 0.160 e. The van der Waals surface area contributed by atoms with Crippen LogP contribution in [0.4, 0.5) is 0 Å². The lowest BCUT2D eigenvalue weighted by atomic mass is 9.88. The van der Waals surface area contributed by atoms with E-state index in [1.54, 1.807) is 6.20 Å². The van der Waals surface area contributed by atoms with E-state index in [1.807, 2.05) is 30.5 Å². The first-order valence-corrected chi connectivity index (χ1v) is 21.1. The van der Waals surface area contributed by atoms with Crippen LogP contribution in [0.15, 0.2) is 225 Å². The average Bonchev–Trinajstić information content (AvgIpc) is 3.36. The number of aromatic nitrogens is 3. The lowest BCUT2D eigenvalue weighted by molar-refractivity contribution is 1.18. The highest BCUT2D eigenvalue weighted by molar-refractivity contribution is 6.38. The Kier molecular flexibility index (Phi) is 8.50. The number of nitrogens with zero attached hydrogens (tertiary/aromatic N) is 3. The second-order valence-corrected chi connectivity index (χ2v) is 15.9. The van der Waals surface area contributed by atoms with Crippen molar-refractivity contribution in [3.8, 4) is 45.0 Å². The second kappa shape index (κ2) is 14.8. The van der Waals surface area contributed by atoms with E-state index in [-0.39, 0.29) is 0 Å². The highest BCUT2D eigenvalue weighted by atomic mass is 14.9. The Morgan fingerprint density at radius 2 is 0.629 bits per heavy atom. The molecule has 2 heterocycles. The Hall–Kier alpha value is -8.27. The standard InChI is InChI=1S/C59H37N3/c1-2-15-40(16-3-1)59-61-55(39-30-28-38(29-31-39)42-17-14-34-60-37-42)36-56(62-59)41-32-33-50-46-21-7-5-19-44(46)43-18-4-6-20-45(43)47-22-8-11-25-51(47)57-52-26-12-9-23-48(52)49-24-10-13-27-53(49)58(57)54(50)35-41/h1-37H. The summed E-state index contributed by atoms with van der Waals surface area (Å²) in [4.78, 5) is 14.9. The molecule has 0 atom stereocenters. The molecule has 3 nitrogen and oxygen atoms in total. The lowest BCUT2D eigenvalue weighted by Crippen LogP contribution is -1.96. The average molecular weight is 788 g/mol. The third kappa shape index (κ3) is 5.94. The van der Waals surface area contributed by atoms with Crippen LogP contribution in [0.25, 0.3) is 120 Å². The van der Waals surface area contributed by atoms with Crippen LogP contribution in [0.5, 0.6) is 0 Å². The molecule has 0 saturated heterocycles. The Morgan fingerprint density at radius 1 is 0.242 bits per heavy atom. The molecule has 0 unspecified atom stereocenters. The smallest absolute Gasteiger partial charge is 0.160 e. The zero-order valence-electron chi connectivity index (χ0n) is 33.7. The van der Waals surface area contributed by atoms with Crippen molar-refractivity contribution >= 4 is 75.4 Å². The van der Waals surface area contributed by atoms with Gasteiger partial charge >= 0.3 is 0 Å². The molecule has 2 aromatic heterocycles. The van der Waals surface area contributed by atoms with Gasteiger partial charge < -0.3 is 0 Å². The Morgan fingerprint density at radius 3 is 1.13 bits per heavy atom. The first-order chi connectivity index (χ1) is 30.8. The fraction of sp³-hybridized carbons (Fsp3) is 0. The van der Waals surface area contributed by atoms with Crippen LogP contribution in [0.1, 0.15) is 0 Å². The predicted octanol–water partition coefficient (Wildman–Crippen LogP) is 15.7. The van der Waals surface area contributed by atoms with E-state index in [0.717, 1.165) is 44.6 Å². The van der Waals surface area contributed by atoms with Crippen molar-refractivity contribution < 1.29 is 0 Å². The van der Waals surface area contributed by atoms with E-state index < -0.39 is 0 Å². The Balaban J connectivity index is 1.25. The molecule has 0 aliphatic carbocycles. The molecule has 12 aromatic rings. The molecule has 62 heavy (non-hydrogen) atoms. The third-order valence-electron chi connectivity index (χ3n) is 12.4. The van der Waals surface area contributed by atoms with E-state index in [9.17, 15) is 0 Å². The van der Waals surface area contributed by atoms with Gasteiger partial charge in [-0.25, -0.2) is 9.97 Å². The monoisotopic (exact) mass is 787 g/mol. The van der Waals surface area contributed by atoms with Crippen LogP contribution in [0, 0.1) is 0 Å². The van der Waals surface area contributed by atoms with Crippen LogP contribution in [0.3, 0.4) is 0 Å². The quantitative estimate of drug-likeness (QED) is 0.167. The third-order valence-corrected chi connectivity index (χ3v) is 12.4. The molecule has 0 radical (unpaired) electrons. The minimum Gasteiger partial charge on any atom is -0.264 e. The molecule has 12 rings (SSSR count). The van der Waals surface area contributed by atoms with Gasteiger partial charge in [0.2, 0.25) is 0 Å². The second-order valence-electron chi connectivity index (χ2n) is 15.9. The molecule has 288 valence electrons. The summed E-state index contributed by atoms with van der Waals surface area (Å²) in [7, 11) is 0. The first-order valence-electron chi connectivity index (χ1n) is 21.1. The van der Waals surface area contributed by atoms with Crippen LogP contribution >= 0.6 is 0 Å². The maximum atomic E-state index is 5.35. The molecule has 0 amide bonds. The fourth-order valence-corrected chi connectivity index (χ4v) is 9.51. The minimum absolute atomic E-state index is 0.683. The number of benzene rings is 9. The summed E-state index contributed by atoms with van der Waals surface area (Å²) in [5, 5.41) is 16.9. The normalized spacial score (nSPS) is 11.5. The van der Waals surface area contributed by atoms with Gasteiger partial charge in [0.1, 0.15) is 0 Å². The van der Waals surface area contributed by atoms with Crippen molar-refractivity contribution in [2.24, 2.45) is 0 Å². The molecule has 0 fully saturated rings. The summed E-state index contributed by atoms with van der Waals surface area (Å²) in [5.41, 5.74) is 6.90. The number of hydrogen-bond acceptors (Lipinski definition) is 3. The SMILES string of the molecule is c1ccc(-c2nc(-c3ccc(-c4cccnc4)cc3)cc(-c3ccc4c5ccccc5c5ccccc5c5ccccc5c5c6ccccc6c6ccccc6c5c4c3)n2)cc1. The Bertz CT molecular complexity index is 3780. The lowest BCUT2D eigenvalue weighted by Gasteiger charge is -2.16. The fourth-order valence-electron chi connectivity index (χ4n) is 9.51. The maximum absolute atomic E-state index is 5.35. The zero-order chi connectivity index (χ0) is 41.0. The molecule has 0 aliphatic heterocycles. The van der Waals surface area contributed by atoms with Gasteiger partial charge in [-0.3, -0.25) is 4.98 Å². The van der Waals surface area contributed by atoms with Gasteiger partial charge in [0.25, 0.3) is 0 Å². The molecule has 10 aromatic carbocycles. The van der Waals surface area contributed by atoms with E-state index >= 15 is 0 Å². The summed E-state index contributed by atoms with van der Waals surface area (Å²) >= 11 is 0. The van der Waals surface area contributed by atoms with E-state index in [4.69, 9.17) is 9.97 Å². The van der Waals surface area contributed by atoms with Crippen LogP contribution in [0.2, 0.25) is 0 Å². The molecule has 0 spiro atoms. The highest BCUT2D eigenvalue weighted by Gasteiger charge is 2.17. The molecule has 0 saturated carbocycles. The van der Waals surface area contributed by atoms with Gasteiger partial charge in [0.15, 0.2) is 5.82 Å². The van der Waals surface area contributed by atoms with Gasteiger partial charge in [-0.1, -0.05) is 194 Å². The number of rotatable bonds is 4. The highest BCUT2D eigenvalue weighted by Crippen LogP contribution is 2.44. The molecular formula is C59H37N3. The predicted molar refractivity (Wildman–Crippen MR) is 262 cm³/mol. The van der Waals surface area contributed by atoms with Crippen LogP contribution < -0.4 is 0 Å². The van der Waals surface area contributed by atoms with Gasteiger partial charge in [0.05, 0.1) is 11.4 Å². The Labute approximate surface area is 358 Å². The minimum atomic E-state index is 0.683. The van der Waals surface area contributed by atoms with Crippen molar-refractivity contribution in [3.63, 3.8) is 0 Å². The van der Waals surface area contributed by atoms with Gasteiger partial charge in [0, 0.05) is 29.1 Å². The molecule has 0 N–H and O–H groups in total. The van der Waals surface area contributed by atoms with E-state index in [0.29, 0.717) is 5.82 Å². The number of pyridine rings is 1. The van der Waals surface area contributed by atoms with Crippen molar-refractivity contribution in [1.29, 1.82) is 0 Å². The topological polar surface area (TPSA) is 38.7 Å². The molecule has 0 bridgehead atoms. The summed E-state index contributed by atoms with van der Waals surface area (Å²) in [6.07, 6.45) is 3.70. The molecular weight excluding hydrogens is 751 g/mol. The largest absolute Gasteiger partial charge is 0.264 e. The van der Waals surface area contributed by atoms with Crippen molar-refractivity contribution in [2.45, 2.75) is 0 Å². The van der Waals surface area contributed by atoms with E-state index in [1.165, 1.54) is 70.0 Å². The van der Waals surface area contributed by atoms with Crippen LogP contribution in [-0.4, -0.2) is 15.0 Å². The summed E-state index contributed by atoms with van der Waals surface area (Å²) < 4.78 is 0.